The summed E-state index contributed by atoms with van der Waals surface area (Å²) in [4.78, 5) is 0. The number of rotatable bonds is 3. The third-order valence-corrected chi connectivity index (χ3v) is 1.22. The highest BCUT2D eigenvalue weighted by molar-refractivity contribution is 9.09. The summed E-state index contributed by atoms with van der Waals surface area (Å²) in [6, 6.07) is 0. The van der Waals surface area contributed by atoms with Gasteiger partial charge in [0.15, 0.2) is 0 Å². The number of halogens is 1. The average molecular weight is 207 g/mol. The van der Waals surface area contributed by atoms with Gasteiger partial charge in [-0.3, -0.25) is 0 Å². The first kappa shape index (κ1) is 10.0. The Morgan fingerprint density at radius 2 is 2.00 bits per heavy atom. The molecule has 60 valence electrons. The monoisotopic (exact) mass is 206 g/mol. The molecule has 0 aliphatic rings. The second-order valence-electron chi connectivity index (χ2n) is 3.19. The molecule has 0 N–H and O–H groups in total. The second kappa shape index (κ2) is 4.02. The van der Waals surface area contributed by atoms with Gasteiger partial charge < -0.3 is 4.74 Å². The summed E-state index contributed by atoms with van der Waals surface area (Å²) in [5.41, 5.74) is -0.0980. The molecule has 0 aromatic carbocycles. The third kappa shape index (κ3) is 6.14. The van der Waals surface area contributed by atoms with Crippen LogP contribution >= 0.6 is 15.9 Å². The van der Waals surface area contributed by atoms with Gasteiger partial charge >= 0.3 is 0 Å². The van der Waals surface area contributed by atoms with E-state index in [9.17, 15) is 0 Å². The highest BCUT2D eigenvalue weighted by atomic mass is 79.9. The highest BCUT2D eigenvalue weighted by Crippen LogP contribution is 2.14. The van der Waals surface area contributed by atoms with Crippen molar-refractivity contribution in [2.24, 2.45) is 0 Å². The zero-order valence-corrected chi connectivity index (χ0v) is 8.49. The van der Waals surface area contributed by atoms with Crippen LogP contribution in [0.15, 0.2) is 12.3 Å². The quantitative estimate of drug-likeness (QED) is 0.510. The van der Waals surface area contributed by atoms with Gasteiger partial charge in [-0.25, -0.2) is 0 Å². The van der Waals surface area contributed by atoms with Crippen LogP contribution < -0.4 is 0 Å². The molecule has 0 heterocycles. The predicted octanol–water partition coefficient (Wildman–Crippen LogP) is 3.10. The Morgan fingerprint density at radius 3 is 2.30 bits per heavy atom. The molecule has 0 amide bonds. The summed E-state index contributed by atoms with van der Waals surface area (Å²) in [6.07, 6.45) is 0.886. The zero-order chi connectivity index (χ0) is 8.20. The topological polar surface area (TPSA) is 9.23 Å². The fourth-order valence-corrected chi connectivity index (χ4v) is 1.03. The fourth-order valence-electron chi connectivity index (χ4n) is 0.589. The Labute approximate surface area is 71.6 Å². The molecule has 0 aromatic heterocycles. The van der Waals surface area contributed by atoms with Crippen molar-refractivity contribution in [2.75, 3.05) is 5.33 Å². The van der Waals surface area contributed by atoms with Crippen LogP contribution in [0.4, 0.5) is 0 Å². The van der Waals surface area contributed by atoms with Crippen molar-refractivity contribution < 1.29 is 4.74 Å². The second-order valence-corrected chi connectivity index (χ2v) is 3.99. The minimum Gasteiger partial charge on any atom is -0.493 e. The van der Waals surface area contributed by atoms with Gasteiger partial charge in [-0.2, -0.15) is 0 Å². The van der Waals surface area contributed by atoms with Gasteiger partial charge in [0.25, 0.3) is 0 Å². The van der Waals surface area contributed by atoms with Crippen LogP contribution in [0.5, 0.6) is 0 Å². The lowest BCUT2D eigenvalue weighted by molar-refractivity contribution is 0.0494. The Hall–Kier alpha value is 0.0200. The van der Waals surface area contributed by atoms with Crippen molar-refractivity contribution in [3.63, 3.8) is 0 Å². The minimum atomic E-state index is -0.0980. The number of ether oxygens (including phenoxy) is 1. The Bertz CT molecular complexity index is 113. The molecule has 0 saturated carbocycles. The van der Waals surface area contributed by atoms with E-state index in [4.69, 9.17) is 4.74 Å². The van der Waals surface area contributed by atoms with Crippen molar-refractivity contribution in [3.05, 3.63) is 12.3 Å². The van der Waals surface area contributed by atoms with Crippen molar-refractivity contribution in [1.82, 2.24) is 0 Å². The first-order valence-electron chi connectivity index (χ1n) is 3.38. The summed E-state index contributed by atoms with van der Waals surface area (Å²) >= 11 is 3.32. The number of hydrogen-bond donors (Lipinski definition) is 0. The van der Waals surface area contributed by atoms with Crippen LogP contribution in [0.2, 0.25) is 0 Å². The molecule has 0 saturated heterocycles. The van der Waals surface area contributed by atoms with Crippen LogP contribution in [-0.4, -0.2) is 10.9 Å². The van der Waals surface area contributed by atoms with E-state index in [0.29, 0.717) is 0 Å². The maximum Gasteiger partial charge on any atom is 0.100 e. The average Bonchev–Trinajstić information content (AvgIpc) is 1.59. The number of hydrogen-bond acceptors (Lipinski definition) is 1. The van der Waals surface area contributed by atoms with E-state index in [-0.39, 0.29) is 5.60 Å². The Balaban J connectivity index is 3.58. The molecule has 0 rings (SSSR count). The predicted molar refractivity (Wildman–Crippen MR) is 48.4 cm³/mol. The van der Waals surface area contributed by atoms with E-state index < -0.39 is 0 Å². The van der Waals surface area contributed by atoms with Crippen LogP contribution in [0, 0.1) is 0 Å². The molecule has 0 radical (unpaired) electrons. The first-order valence-corrected chi connectivity index (χ1v) is 4.50. The normalized spacial score (nSPS) is 11.2. The number of allylic oxidation sites excluding steroid dienone is 1. The molecule has 0 spiro atoms. The van der Waals surface area contributed by atoms with Gasteiger partial charge in [0, 0.05) is 11.8 Å². The molecule has 0 bridgehead atoms. The van der Waals surface area contributed by atoms with Crippen molar-refractivity contribution in [1.29, 1.82) is 0 Å². The third-order valence-electron chi connectivity index (χ3n) is 0.824. The molecule has 10 heavy (non-hydrogen) atoms. The number of alkyl halides is 1. The Kier molecular flexibility index (Phi) is 4.02. The lowest BCUT2D eigenvalue weighted by Gasteiger charge is -2.22. The minimum absolute atomic E-state index is 0.0980. The van der Waals surface area contributed by atoms with Gasteiger partial charge in [-0.1, -0.05) is 22.5 Å². The van der Waals surface area contributed by atoms with E-state index >= 15 is 0 Å². The van der Waals surface area contributed by atoms with Crippen molar-refractivity contribution in [2.45, 2.75) is 32.8 Å². The van der Waals surface area contributed by atoms with Gasteiger partial charge in [0.2, 0.25) is 0 Å². The van der Waals surface area contributed by atoms with Crippen molar-refractivity contribution >= 4 is 15.9 Å². The molecule has 1 nitrogen and oxygen atoms in total. The van der Waals surface area contributed by atoms with Gasteiger partial charge in [-0.05, 0) is 20.8 Å². The summed E-state index contributed by atoms with van der Waals surface area (Å²) < 4.78 is 5.45. The van der Waals surface area contributed by atoms with Crippen LogP contribution in [-0.2, 0) is 4.74 Å². The summed E-state index contributed by atoms with van der Waals surface area (Å²) in [7, 11) is 0. The lowest BCUT2D eigenvalue weighted by atomic mass is 10.2. The van der Waals surface area contributed by atoms with Crippen LogP contribution in [0.3, 0.4) is 0 Å². The lowest BCUT2D eigenvalue weighted by Crippen LogP contribution is -2.18. The summed E-state index contributed by atoms with van der Waals surface area (Å²) in [5, 5.41) is 0.919. The molecule has 0 aliphatic heterocycles. The maximum atomic E-state index is 5.45. The molecular weight excluding hydrogens is 192 g/mol. The SMILES string of the molecule is C=C(CCBr)OC(C)(C)C. The fraction of sp³-hybridized carbons (Fsp3) is 0.750. The Morgan fingerprint density at radius 1 is 1.50 bits per heavy atom. The van der Waals surface area contributed by atoms with E-state index in [1.165, 1.54) is 0 Å². The van der Waals surface area contributed by atoms with Gasteiger partial charge in [0.1, 0.15) is 5.60 Å². The van der Waals surface area contributed by atoms with E-state index in [1.54, 1.807) is 0 Å². The van der Waals surface area contributed by atoms with Gasteiger partial charge in [0.05, 0.1) is 5.76 Å². The molecule has 2 heteroatoms. The molecule has 0 fully saturated rings. The molecule has 0 unspecified atom stereocenters. The van der Waals surface area contributed by atoms with Crippen molar-refractivity contribution in [3.8, 4) is 0 Å². The maximum absolute atomic E-state index is 5.45. The largest absolute Gasteiger partial charge is 0.493 e. The molecule has 0 atom stereocenters. The zero-order valence-electron chi connectivity index (χ0n) is 6.91. The molecule has 0 aliphatic carbocycles. The summed E-state index contributed by atoms with van der Waals surface area (Å²) in [6.45, 7) is 9.84. The van der Waals surface area contributed by atoms with E-state index in [2.05, 4.69) is 22.5 Å². The molecule has 0 aromatic rings. The molecular formula is C8H15BrO. The van der Waals surface area contributed by atoms with E-state index in [0.717, 1.165) is 17.5 Å². The van der Waals surface area contributed by atoms with Crippen LogP contribution in [0.1, 0.15) is 27.2 Å². The van der Waals surface area contributed by atoms with Crippen LogP contribution in [0.25, 0.3) is 0 Å². The van der Waals surface area contributed by atoms with E-state index in [1.807, 2.05) is 20.8 Å². The first-order chi connectivity index (χ1) is 4.45. The standard InChI is InChI=1S/C8H15BrO/c1-7(5-6-9)10-8(2,3)4/h1,5-6H2,2-4H3. The highest BCUT2D eigenvalue weighted by Gasteiger charge is 2.11. The van der Waals surface area contributed by atoms with Gasteiger partial charge in [-0.15, -0.1) is 0 Å². The smallest absolute Gasteiger partial charge is 0.100 e. The summed E-state index contributed by atoms with van der Waals surface area (Å²) in [5.74, 6) is 0.851.